The molecule has 0 aromatic carbocycles. The van der Waals surface area contributed by atoms with Crippen LogP contribution in [0.2, 0.25) is 0 Å². The third kappa shape index (κ3) is 5.30. The van der Waals surface area contributed by atoms with Crippen molar-refractivity contribution >= 4 is 11.9 Å². The van der Waals surface area contributed by atoms with Gasteiger partial charge in [0.05, 0.1) is 22.5 Å². The predicted molar refractivity (Wildman–Crippen MR) is 111 cm³/mol. The highest BCUT2D eigenvalue weighted by Crippen LogP contribution is 2.45. The molecule has 0 aromatic rings. The predicted octanol–water partition coefficient (Wildman–Crippen LogP) is 4.20. The van der Waals surface area contributed by atoms with Crippen LogP contribution in [0.1, 0.15) is 83.9 Å². The molecule has 8 atom stereocenters. The van der Waals surface area contributed by atoms with Crippen LogP contribution >= 0.6 is 0 Å². The van der Waals surface area contributed by atoms with Gasteiger partial charge in [-0.15, -0.1) is 0 Å². The summed E-state index contributed by atoms with van der Waals surface area (Å²) in [5, 5.41) is 10.0. The van der Waals surface area contributed by atoms with Crippen LogP contribution in [0.5, 0.6) is 0 Å². The fourth-order valence-electron chi connectivity index (χ4n) is 3.99. The fourth-order valence-corrected chi connectivity index (χ4v) is 3.99. The van der Waals surface area contributed by atoms with Gasteiger partial charge in [0, 0.05) is 26.0 Å². The Bertz CT molecular complexity index is 1190. The van der Waals surface area contributed by atoms with Crippen LogP contribution in [0.15, 0.2) is 23.7 Å². The van der Waals surface area contributed by atoms with Gasteiger partial charge in [0.1, 0.15) is 12.2 Å². The van der Waals surface area contributed by atoms with E-state index in [1.54, 1.807) is 0 Å². The summed E-state index contributed by atoms with van der Waals surface area (Å²) >= 11 is 0. The Balaban J connectivity index is 2.17. The standard InChI is InChI=1S/C24H36O5/c1-5-15(3)24(27)29-21-11-14(2)10-17-7-6-16(4)20(23(17)21)9-8-19-12-18(25)13-22(26)28-19/h6-7,10,14-16,18-21,23,25H,5,8-9,11-13H2,1-4H3/t14-,15-,16-,18+,19?,20-,21?,23-/m0/s1/i1D3,5D2,6D,7D,10D,11D2,14D,15D,16D. The van der Waals surface area contributed by atoms with Gasteiger partial charge in [-0.05, 0) is 48.9 Å². The molecule has 2 unspecified atom stereocenters. The molecule has 0 saturated carbocycles. The average Bonchev–Trinajstić information content (AvgIpc) is 2.82. The lowest BCUT2D eigenvalue weighted by molar-refractivity contribution is -0.162. The van der Waals surface area contributed by atoms with E-state index in [0.29, 0.717) is 6.92 Å². The van der Waals surface area contributed by atoms with Crippen LogP contribution in [0, 0.1) is 29.5 Å². The zero-order valence-electron chi connectivity index (χ0n) is 29.8. The minimum Gasteiger partial charge on any atom is -0.462 e. The maximum atomic E-state index is 13.4. The number of carbonyl (C=O) groups is 2. The van der Waals surface area contributed by atoms with Gasteiger partial charge in [0.15, 0.2) is 0 Å². The lowest BCUT2D eigenvalue weighted by Gasteiger charge is -2.43. The van der Waals surface area contributed by atoms with Gasteiger partial charge in [-0.3, -0.25) is 9.59 Å². The van der Waals surface area contributed by atoms with E-state index in [2.05, 4.69) is 0 Å². The number of hydrogen-bond donors (Lipinski definition) is 1. The quantitative estimate of drug-likeness (QED) is 0.656. The second-order valence-corrected chi connectivity index (χ2v) is 7.73. The number of aliphatic hydroxyl groups excluding tert-OH is 1. The van der Waals surface area contributed by atoms with Crippen molar-refractivity contribution in [2.45, 2.75) is 84.4 Å². The molecule has 1 aliphatic heterocycles. The molecule has 2 aliphatic carbocycles. The molecule has 1 heterocycles. The van der Waals surface area contributed by atoms with Gasteiger partial charge < -0.3 is 14.6 Å². The molecule has 5 nitrogen and oxygen atoms in total. The highest BCUT2D eigenvalue weighted by atomic mass is 16.5. The number of hydrogen-bond acceptors (Lipinski definition) is 5. The molecule has 162 valence electrons. The van der Waals surface area contributed by atoms with E-state index in [4.69, 9.17) is 27.3 Å². The third-order valence-electron chi connectivity index (χ3n) is 5.49. The van der Waals surface area contributed by atoms with Crippen LogP contribution in [-0.4, -0.2) is 35.4 Å². The molecule has 0 bridgehead atoms. The Labute approximate surface area is 192 Å². The van der Waals surface area contributed by atoms with Crippen molar-refractivity contribution in [2.24, 2.45) is 29.5 Å². The molecule has 0 aromatic heterocycles. The van der Waals surface area contributed by atoms with E-state index in [0.717, 1.165) is 6.92 Å². The first kappa shape index (κ1) is 10.6. The Morgan fingerprint density at radius 1 is 1.59 bits per heavy atom. The van der Waals surface area contributed by atoms with Crippen molar-refractivity contribution in [3.05, 3.63) is 23.7 Å². The summed E-state index contributed by atoms with van der Waals surface area (Å²) in [6.45, 7) is -0.504. The smallest absolute Gasteiger partial charge is 0.308 e. The molecule has 5 heteroatoms. The van der Waals surface area contributed by atoms with E-state index in [-0.39, 0.29) is 31.3 Å². The Morgan fingerprint density at radius 3 is 3.10 bits per heavy atom. The Hall–Kier alpha value is -1.62. The monoisotopic (exact) mass is 417 g/mol. The van der Waals surface area contributed by atoms with Crippen molar-refractivity contribution in [1.29, 1.82) is 0 Å². The molecule has 1 N–H and O–H groups in total. The van der Waals surface area contributed by atoms with Crippen molar-refractivity contribution < 1.29 is 42.0 Å². The highest BCUT2D eigenvalue weighted by molar-refractivity contribution is 5.72. The summed E-state index contributed by atoms with van der Waals surface area (Å²) in [6.07, 6.45) is -10.5. The summed E-state index contributed by atoms with van der Waals surface area (Å²) in [4.78, 5) is 25.2. The van der Waals surface area contributed by atoms with Gasteiger partial charge in [-0.1, -0.05) is 45.8 Å². The summed E-state index contributed by atoms with van der Waals surface area (Å²) in [5.74, 6) is -12.6. The van der Waals surface area contributed by atoms with Gasteiger partial charge in [0.25, 0.3) is 0 Å². The van der Waals surface area contributed by atoms with E-state index < -0.39 is 97.5 Å². The molecule has 1 fully saturated rings. The number of allylic oxidation sites excluding steroid dienone is 3. The second kappa shape index (κ2) is 9.46. The minimum absolute atomic E-state index is 0.0131. The van der Waals surface area contributed by atoms with Gasteiger partial charge in [-0.25, -0.2) is 0 Å². The van der Waals surface area contributed by atoms with E-state index >= 15 is 0 Å². The number of rotatable bonds is 6. The van der Waals surface area contributed by atoms with Gasteiger partial charge in [-0.2, -0.15) is 0 Å². The molecule has 1 saturated heterocycles. The van der Waals surface area contributed by atoms with Crippen LogP contribution < -0.4 is 0 Å². The second-order valence-electron chi connectivity index (χ2n) is 7.73. The zero-order chi connectivity index (χ0) is 32.6. The molecular formula is C24H36O5. The lowest BCUT2D eigenvalue weighted by atomic mass is 9.65. The van der Waals surface area contributed by atoms with E-state index in [9.17, 15) is 14.7 Å². The first-order chi connectivity index (χ1) is 18.7. The fraction of sp³-hybridized carbons (Fsp3) is 0.750. The van der Waals surface area contributed by atoms with Crippen LogP contribution in [0.25, 0.3) is 0 Å². The summed E-state index contributed by atoms with van der Waals surface area (Å²) in [6, 6.07) is -1.87. The number of carbonyl (C=O) groups excluding carboxylic acids is 2. The number of ether oxygens (including phenoxy) is 2. The zero-order valence-corrected chi connectivity index (χ0v) is 16.8. The first-order valence-corrected chi connectivity index (χ1v) is 9.72. The third-order valence-corrected chi connectivity index (χ3v) is 5.49. The molecule has 0 amide bonds. The largest absolute Gasteiger partial charge is 0.462 e. The topological polar surface area (TPSA) is 72.8 Å². The van der Waals surface area contributed by atoms with Crippen LogP contribution in [-0.2, 0) is 19.1 Å². The number of fused-ring (bicyclic) bond motifs is 1. The first-order valence-electron chi connectivity index (χ1n) is 16.2. The number of aliphatic hydroxyl groups is 1. The average molecular weight is 418 g/mol. The molecule has 3 rings (SSSR count). The molecule has 3 aliphatic rings. The minimum atomic E-state index is -3.46. The molecule has 0 radical (unpaired) electrons. The summed E-state index contributed by atoms with van der Waals surface area (Å²) < 4.78 is 119. The maximum absolute atomic E-state index is 13.4. The number of cyclic esters (lactones) is 1. The van der Waals surface area contributed by atoms with Crippen LogP contribution in [0.4, 0.5) is 0 Å². The normalized spacial score (nSPS) is 54.3. The molecular weight excluding hydrogens is 368 g/mol. The van der Waals surface area contributed by atoms with E-state index in [1.165, 1.54) is 6.92 Å². The Kier molecular flexibility index (Phi) is 3.46. The lowest BCUT2D eigenvalue weighted by Crippen LogP contribution is -2.42. The van der Waals surface area contributed by atoms with Gasteiger partial charge in [0.2, 0.25) is 0 Å². The maximum Gasteiger partial charge on any atom is 0.308 e. The van der Waals surface area contributed by atoms with Crippen molar-refractivity contribution in [3.63, 3.8) is 0 Å². The number of esters is 2. The van der Waals surface area contributed by atoms with Crippen molar-refractivity contribution in [3.8, 4) is 0 Å². The summed E-state index contributed by atoms with van der Waals surface area (Å²) in [7, 11) is 0. The van der Waals surface area contributed by atoms with Crippen LogP contribution in [0.3, 0.4) is 0 Å². The van der Waals surface area contributed by atoms with Gasteiger partial charge >= 0.3 is 11.9 Å². The highest BCUT2D eigenvalue weighted by Gasteiger charge is 2.42. The van der Waals surface area contributed by atoms with E-state index in [1.807, 2.05) is 0 Å². The SMILES string of the molecule is [2H]C1=C([2H])[C@]([2H])(C)[C@H](CCC2C[C@@H](O)CC(=O)O2)[C@@H]2C1=C([2H])[C@]([2H])(C)C([2H])([2H])C2OC(=O)[C@@]([2H])(C)C([2H])([2H])C([2H])([2H])[2H]. The summed E-state index contributed by atoms with van der Waals surface area (Å²) in [5.41, 5.74) is -0.327. The van der Waals surface area contributed by atoms with Crippen molar-refractivity contribution in [2.75, 3.05) is 0 Å². The molecule has 0 spiro atoms. The van der Waals surface area contributed by atoms with Crippen molar-refractivity contribution in [1.82, 2.24) is 0 Å². The molecule has 29 heavy (non-hydrogen) atoms. The Morgan fingerprint density at radius 2 is 2.38 bits per heavy atom.